The van der Waals surface area contributed by atoms with Gasteiger partial charge in [0.15, 0.2) is 0 Å². The number of nitrogens with zero attached hydrogens (tertiary/aromatic N) is 1. The Morgan fingerprint density at radius 3 is 2.19 bits per heavy atom. The van der Waals surface area contributed by atoms with Crippen LogP contribution in [0.15, 0.2) is 22.8 Å². The molecule has 1 aromatic rings. The number of carbonyl (C=O) groups is 1. The molecule has 0 atom stereocenters. The van der Waals surface area contributed by atoms with Crippen LogP contribution in [0.25, 0.3) is 0 Å². The number of halogens is 1. The maximum absolute atomic E-state index is 10.0. The lowest BCUT2D eigenvalue weighted by Crippen LogP contribution is -2.27. The third-order valence-electron chi connectivity index (χ3n) is 1.16. The number of rotatable bonds is 0. The molecule has 16 heavy (non-hydrogen) atoms. The van der Waals surface area contributed by atoms with Gasteiger partial charge < -0.3 is 16.2 Å². The molecule has 0 bridgehead atoms. The Morgan fingerprint density at radius 1 is 1.44 bits per heavy atom. The van der Waals surface area contributed by atoms with Crippen molar-refractivity contribution in [3.8, 4) is 0 Å². The van der Waals surface area contributed by atoms with E-state index in [4.69, 9.17) is 11.5 Å². The van der Waals surface area contributed by atoms with E-state index in [1.807, 2.05) is 6.07 Å². The van der Waals surface area contributed by atoms with Gasteiger partial charge in [-0.25, -0.2) is 9.78 Å². The van der Waals surface area contributed by atoms with Crippen LogP contribution in [0, 0.1) is 0 Å². The molecule has 0 aliphatic carbocycles. The molecule has 0 saturated heterocycles. The second kappa shape index (κ2) is 6.32. The largest absolute Gasteiger partial charge is 0.444 e. The van der Waals surface area contributed by atoms with Crippen LogP contribution < -0.4 is 11.5 Å². The maximum atomic E-state index is 10.0. The van der Waals surface area contributed by atoms with Crippen molar-refractivity contribution in [2.45, 2.75) is 26.4 Å². The number of nitrogens with two attached hydrogens (primary N) is 2. The summed E-state index contributed by atoms with van der Waals surface area (Å²) in [4.78, 5) is 13.8. The number of carbonyl (C=O) groups excluding carboxylic acids is 1. The van der Waals surface area contributed by atoms with E-state index in [0.29, 0.717) is 5.82 Å². The van der Waals surface area contributed by atoms with E-state index in [-0.39, 0.29) is 0 Å². The van der Waals surface area contributed by atoms with Gasteiger partial charge in [-0.3, -0.25) is 0 Å². The average Bonchev–Trinajstić information content (AvgIpc) is 2.07. The monoisotopic (exact) mass is 289 g/mol. The Balaban J connectivity index is 0.000000281. The summed E-state index contributed by atoms with van der Waals surface area (Å²) in [5, 5.41) is 0. The third kappa shape index (κ3) is 9.26. The molecule has 1 amide bonds. The highest BCUT2D eigenvalue weighted by atomic mass is 79.9. The van der Waals surface area contributed by atoms with Crippen molar-refractivity contribution >= 4 is 27.8 Å². The summed E-state index contributed by atoms with van der Waals surface area (Å²) in [6, 6.07) is 3.59. The minimum Gasteiger partial charge on any atom is -0.444 e. The molecule has 6 heteroatoms. The zero-order chi connectivity index (χ0) is 12.8. The Labute approximate surface area is 103 Å². The molecule has 1 aromatic heterocycles. The number of primary amides is 1. The molecule has 5 nitrogen and oxygen atoms in total. The number of hydrogen-bond donors (Lipinski definition) is 2. The molecule has 0 aliphatic rings. The third-order valence-corrected chi connectivity index (χ3v) is 1.63. The molecular formula is C10H16BrN3O2. The van der Waals surface area contributed by atoms with Crippen molar-refractivity contribution in [2.24, 2.45) is 5.73 Å². The SMILES string of the molecule is CC(C)(C)OC(N)=O.Nc1ccc(Br)cn1. The molecule has 4 N–H and O–H groups in total. The summed E-state index contributed by atoms with van der Waals surface area (Å²) >= 11 is 3.23. The van der Waals surface area contributed by atoms with Gasteiger partial charge in [0.05, 0.1) is 0 Å². The number of amides is 1. The van der Waals surface area contributed by atoms with Crippen LogP contribution in [0.3, 0.4) is 0 Å². The van der Waals surface area contributed by atoms with Gasteiger partial charge >= 0.3 is 6.09 Å². The Bertz CT molecular complexity index is 312. The van der Waals surface area contributed by atoms with Crippen LogP contribution in [0.2, 0.25) is 0 Å². The molecule has 90 valence electrons. The average molecular weight is 290 g/mol. The van der Waals surface area contributed by atoms with E-state index in [2.05, 4.69) is 25.7 Å². The molecule has 0 unspecified atom stereocenters. The van der Waals surface area contributed by atoms with E-state index < -0.39 is 11.7 Å². The summed E-state index contributed by atoms with van der Waals surface area (Å²) in [6.07, 6.45) is 0.938. The highest BCUT2D eigenvalue weighted by Gasteiger charge is 2.12. The quantitative estimate of drug-likeness (QED) is 0.767. The minimum absolute atomic E-state index is 0.453. The van der Waals surface area contributed by atoms with E-state index >= 15 is 0 Å². The van der Waals surface area contributed by atoms with E-state index in [1.54, 1.807) is 33.0 Å². The van der Waals surface area contributed by atoms with E-state index in [1.165, 1.54) is 0 Å². The van der Waals surface area contributed by atoms with Crippen LogP contribution in [0.4, 0.5) is 10.6 Å². The van der Waals surface area contributed by atoms with Gasteiger partial charge in [0.2, 0.25) is 0 Å². The lowest BCUT2D eigenvalue weighted by Gasteiger charge is -2.16. The fourth-order valence-corrected chi connectivity index (χ4v) is 0.924. The Hall–Kier alpha value is -1.30. The fraction of sp³-hybridized carbons (Fsp3) is 0.400. The van der Waals surface area contributed by atoms with E-state index in [9.17, 15) is 4.79 Å². The number of ether oxygens (including phenoxy) is 1. The standard InChI is InChI=1S/C5H5BrN2.C5H11NO2/c6-4-1-2-5(7)8-3-4;1-5(2,3)8-4(6)7/h1-3H,(H2,7,8);1-3H3,(H2,6,7). The van der Waals surface area contributed by atoms with E-state index in [0.717, 1.165) is 4.47 Å². The zero-order valence-corrected chi connectivity index (χ0v) is 11.1. The number of aromatic nitrogens is 1. The second-order valence-corrected chi connectivity index (χ2v) is 4.85. The fourth-order valence-electron chi connectivity index (χ4n) is 0.689. The van der Waals surface area contributed by atoms with Crippen molar-refractivity contribution < 1.29 is 9.53 Å². The first kappa shape index (κ1) is 14.7. The topological polar surface area (TPSA) is 91.2 Å². The van der Waals surface area contributed by atoms with Gasteiger partial charge in [-0.05, 0) is 48.8 Å². The molecule has 0 spiro atoms. The normalized spacial score (nSPS) is 10.0. The summed E-state index contributed by atoms with van der Waals surface area (Å²) in [6.45, 7) is 5.28. The van der Waals surface area contributed by atoms with Gasteiger partial charge in [-0.2, -0.15) is 0 Å². The maximum Gasteiger partial charge on any atom is 0.405 e. The van der Waals surface area contributed by atoms with Crippen LogP contribution in [0.1, 0.15) is 20.8 Å². The van der Waals surface area contributed by atoms with Crippen LogP contribution in [-0.4, -0.2) is 16.7 Å². The number of anilines is 1. The Kier molecular flexibility index (Phi) is 5.81. The zero-order valence-electron chi connectivity index (χ0n) is 9.53. The lowest BCUT2D eigenvalue weighted by atomic mass is 10.2. The molecule has 1 heterocycles. The minimum atomic E-state index is -0.725. The van der Waals surface area contributed by atoms with Crippen LogP contribution >= 0.6 is 15.9 Å². The summed E-state index contributed by atoms with van der Waals surface area (Å²) < 4.78 is 5.53. The van der Waals surface area contributed by atoms with Gasteiger partial charge in [-0.1, -0.05) is 0 Å². The van der Waals surface area contributed by atoms with Crippen LogP contribution in [-0.2, 0) is 4.74 Å². The summed E-state index contributed by atoms with van der Waals surface area (Å²) in [5.74, 6) is 0.549. The number of hydrogen-bond acceptors (Lipinski definition) is 4. The Morgan fingerprint density at radius 2 is 2.00 bits per heavy atom. The highest BCUT2D eigenvalue weighted by Crippen LogP contribution is 2.07. The predicted molar refractivity (Wildman–Crippen MR) is 66.8 cm³/mol. The predicted octanol–water partition coefficient (Wildman–Crippen LogP) is 2.31. The molecule has 0 fully saturated rings. The molecule has 0 aliphatic heterocycles. The highest BCUT2D eigenvalue weighted by molar-refractivity contribution is 9.10. The molecule has 1 rings (SSSR count). The van der Waals surface area contributed by atoms with Crippen molar-refractivity contribution in [3.05, 3.63) is 22.8 Å². The van der Waals surface area contributed by atoms with Gasteiger partial charge in [0.25, 0.3) is 0 Å². The van der Waals surface area contributed by atoms with Crippen molar-refractivity contribution in [1.29, 1.82) is 0 Å². The first-order valence-electron chi connectivity index (χ1n) is 4.56. The first-order valence-corrected chi connectivity index (χ1v) is 5.35. The van der Waals surface area contributed by atoms with Gasteiger partial charge in [0.1, 0.15) is 11.4 Å². The lowest BCUT2D eigenvalue weighted by molar-refractivity contribution is 0.0600. The molecule has 0 aromatic carbocycles. The number of nitrogen functional groups attached to an aromatic ring is 1. The second-order valence-electron chi connectivity index (χ2n) is 3.93. The molecular weight excluding hydrogens is 274 g/mol. The van der Waals surface area contributed by atoms with Gasteiger partial charge in [-0.15, -0.1) is 0 Å². The smallest absolute Gasteiger partial charge is 0.405 e. The van der Waals surface area contributed by atoms with Gasteiger partial charge in [0, 0.05) is 10.7 Å². The molecule has 0 radical (unpaired) electrons. The molecule has 0 saturated carbocycles. The van der Waals surface area contributed by atoms with Crippen LogP contribution in [0.5, 0.6) is 0 Å². The van der Waals surface area contributed by atoms with Crippen molar-refractivity contribution in [2.75, 3.05) is 5.73 Å². The van der Waals surface area contributed by atoms with Crippen molar-refractivity contribution in [1.82, 2.24) is 4.98 Å². The summed E-state index contributed by atoms with van der Waals surface area (Å²) in [5.41, 5.74) is 9.56. The summed E-state index contributed by atoms with van der Waals surface area (Å²) in [7, 11) is 0. The first-order chi connectivity index (χ1) is 7.20. The number of pyridine rings is 1. The van der Waals surface area contributed by atoms with Crippen molar-refractivity contribution in [3.63, 3.8) is 0 Å².